The number of hydrogen-bond donors (Lipinski definition) is 2. The molecule has 1 saturated heterocycles. The van der Waals surface area contributed by atoms with Crippen molar-refractivity contribution in [1.82, 2.24) is 4.90 Å². The van der Waals surface area contributed by atoms with Gasteiger partial charge in [0.2, 0.25) is 0 Å². The van der Waals surface area contributed by atoms with Crippen molar-refractivity contribution in [3.63, 3.8) is 0 Å². The Bertz CT molecular complexity index is 557. The third-order valence-electron chi connectivity index (χ3n) is 3.74. The predicted molar refractivity (Wildman–Crippen MR) is 81.9 cm³/mol. The Hall–Kier alpha value is -2.24. The molecule has 0 unspecified atom stereocenters. The predicted octanol–water partition coefficient (Wildman–Crippen LogP) is 2.14. The van der Waals surface area contributed by atoms with Crippen molar-refractivity contribution >= 4 is 23.4 Å². The molecule has 1 aromatic carbocycles. The van der Waals surface area contributed by atoms with Gasteiger partial charge in [-0.15, -0.1) is 0 Å². The zero-order valence-electron chi connectivity index (χ0n) is 12.6. The zero-order chi connectivity index (χ0) is 15.6. The lowest BCUT2D eigenvalue weighted by molar-refractivity contribution is -0.141. The second kappa shape index (κ2) is 6.03. The van der Waals surface area contributed by atoms with Crippen molar-refractivity contribution in [1.29, 1.82) is 0 Å². The van der Waals surface area contributed by atoms with E-state index in [0.717, 1.165) is 17.7 Å². The van der Waals surface area contributed by atoms with Crippen LogP contribution in [-0.2, 0) is 4.79 Å². The van der Waals surface area contributed by atoms with Crippen LogP contribution in [0.4, 0.5) is 16.2 Å². The molecule has 0 spiro atoms. The van der Waals surface area contributed by atoms with Gasteiger partial charge < -0.3 is 20.2 Å². The van der Waals surface area contributed by atoms with Crippen molar-refractivity contribution in [3.8, 4) is 0 Å². The van der Waals surface area contributed by atoms with Crippen LogP contribution in [0.15, 0.2) is 18.2 Å². The minimum absolute atomic E-state index is 0.353. The van der Waals surface area contributed by atoms with Crippen molar-refractivity contribution in [2.45, 2.75) is 25.8 Å². The van der Waals surface area contributed by atoms with Gasteiger partial charge in [-0.2, -0.15) is 0 Å². The van der Waals surface area contributed by atoms with E-state index in [4.69, 9.17) is 5.11 Å². The third-order valence-corrected chi connectivity index (χ3v) is 3.74. The number of aryl methyl sites for hydroxylation is 1. The summed E-state index contributed by atoms with van der Waals surface area (Å²) in [6, 6.07) is 4.58. The Morgan fingerprint density at radius 3 is 2.71 bits per heavy atom. The van der Waals surface area contributed by atoms with E-state index in [0.29, 0.717) is 18.7 Å². The fourth-order valence-electron chi connectivity index (χ4n) is 2.63. The minimum Gasteiger partial charge on any atom is -0.480 e. The number of amides is 2. The van der Waals surface area contributed by atoms with E-state index >= 15 is 0 Å². The van der Waals surface area contributed by atoms with E-state index in [-0.39, 0.29) is 6.03 Å². The van der Waals surface area contributed by atoms with E-state index in [1.807, 2.05) is 44.1 Å². The number of carboxylic acid groups (broad SMARTS) is 1. The van der Waals surface area contributed by atoms with Crippen LogP contribution in [0, 0.1) is 6.92 Å². The summed E-state index contributed by atoms with van der Waals surface area (Å²) in [6.07, 6.45) is 1.24. The molecule has 2 rings (SSSR count). The van der Waals surface area contributed by atoms with Gasteiger partial charge in [0.25, 0.3) is 0 Å². The average molecular weight is 291 g/mol. The standard InChI is InChI=1S/C15H21N3O3/c1-10-6-7-11(9-13(10)17(2)3)16-15(21)18-8-4-5-12(18)14(19)20/h6-7,9,12H,4-5,8H2,1-3H3,(H,16,21)(H,19,20)/t12-/m0/s1. The molecule has 0 aliphatic carbocycles. The van der Waals surface area contributed by atoms with Crippen LogP contribution in [0.5, 0.6) is 0 Å². The number of nitrogens with zero attached hydrogens (tertiary/aromatic N) is 2. The highest BCUT2D eigenvalue weighted by Gasteiger charge is 2.33. The highest BCUT2D eigenvalue weighted by molar-refractivity contribution is 5.93. The Labute approximate surface area is 124 Å². The van der Waals surface area contributed by atoms with Gasteiger partial charge in [0.15, 0.2) is 0 Å². The molecule has 1 heterocycles. The van der Waals surface area contributed by atoms with Gasteiger partial charge in [-0.25, -0.2) is 9.59 Å². The van der Waals surface area contributed by atoms with E-state index in [9.17, 15) is 9.59 Å². The first-order chi connectivity index (χ1) is 9.90. The van der Waals surface area contributed by atoms with Gasteiger partial charge >= 0.3 is 12.0 Å². The number of carboxylic acids is 1. The first-order valence-corrected chi connectivity index (χ1v) is 6.98. The molecule has 1 aliphatic heterocycles. The Morgan fingerprint density at radius 2 is 2.10 bits per heavy atom. The normalized spacial score (nSPS) is 17.7. The second-order valence-electron chi connectivity index (χ2n) is 5.52. The lowest BCUT2D eigenvalue weighted by atomic mass is 10.1. The van der Waals surface area contributed by atoms with Crippen molar-refractivity contribution in [3.05, 3.63) is 23.8 Å². The molecule has 0 radical (unpaired) electrons. The summed E-state index contributed by atoms with van der Waals surface area (Å²) in [6.45, 7) is 2.48. The van der Waals surface area contributed by atoms with Crippen molar-refractivity contribution in [2.75, 3.05) is 30.9 Å². The highest BCUT2D eigenvalue weighted by atomic mass is 16.4. The molecule has 114 valence electrons. The third kappa shape index (κ3) is 3.26. The maximum absolute atomic E-state index is 12.2. The Balaban J connectivity index is 2.13. The number of aliphatic carboxylic acids is 1. The molecule has 21 heavy (non-hydrogen) atoms. The molecule has 2 N–H and O–H groups in total. The molecule has 0 aromatic heterocycles. The lowest BCUT2D eigenvalue weighted by Gasteiger charge is -2.23. The molecular formula is C15H21N3O3. The van der Waals surface area contributed by atoms with E-state index in [1.165, 1.54) is 4.90 Å². The van der Waals surface area contributed by atoms with Crippen LogP contribution in [-0.4, -0.2) is 48.7 Å². The number of carbonyl (C=O) groups is 2. The summed E-state index contributed by atoms with van der Waals surface area (Å²) in [5, 5.41) is 11.9. The summed E-state index contributed by atoms with van der Waals surface area (Å²) in [4.78, 5) is 26.7. The van der Waals surface area contributed by atoms with Gasteiger partial charge in [0.1, 0.15) is 6.04 Å². The summed E-state index contributed by atoms with van der Waals surface area (Å²) in [7, 11) is 3.88. The molecule has 1 aromatic rings. The van der Waals surface area contributed by atoms with Crippen LogP contribution in [0.2, 0.25) is 0 Å². The van der Waals surface area contributed by atoms with Gasteiger partial charge in [-0.1, -0.05) is 6.07 Å². The molecule has 1 aliphatic rings. The van der Waals surface area contributed by atoms with E-state index in [2.05, 4.69) is 5.32 Å². The highest BCUT2D eigenvalue weighted by Crippen LogP contribution is 2.24. The minimum atomic E-state index is -0.944. The number of urea groups is 1. The molecule has 6 nitrogen and oxygen atoms in total. The van der Waals surface area contributed by atoms with Crippen LogP contribution in [0.25, 0.3) is 0 Å². The summed E-state index contributed by atoms with van der Waals surface area (Å²) < 4.78 is 0. The first kappa shape index (κ1) is 15.2. The lowest BCUT2D eigenvalue weighted by Crippen LogP contribution is -2.42. The van der Waals surface area contributed by atoms with Crippen LogP contribution < -0.4 is 10.2 Å². The van der Waals surface area contributed by atoms with Crippen molar-refractivity contribution < 1.29 is 14.7 Å². The number of anilines is 2. The number of likely N-dealkylation sites (tertiary alicyclic amines) is 1. The number of hydrogen-bond acceptors (Lipinski definition) is 3. The number of rotatable bonds is 3. The van der Waals surface area contributed by atoms with Gasteiger partial charge in [-0.3, -0.25) is 0 Å². The Kier molecular flexibility index (Phi) is 4.35. The summed E-state index contributed by atoms with van der Waals surface area (Å²) in [5.74, 6) is -0.944. The molecule has 1 atom stereocenters. The fourth-order valence-corrected chi connectivity index (χ4v) is 2.63. The van der Waals surface area contributed by atoms with Crippen LogP contribution >= 0.6 is 0 Å². The van der Waals surface area contributed by atoms with Gasteiger partial charge in [0.05, 0.1) is 0 Å². The second-order valence-corrected chi connectivity index (χ2v) is 5.52. The SMILES string of the molecule is Cc1ccc(NC(=O)N2CCC[C@H]2C(=O)O)cc1N(C)C. The topological polar surface area (TPSA) is 72.9 Å². The van der Waals surface area contributed by atoms with Crippen LogP contribution in [0.1, 0.15) is 18.4 Å². The molecule has 0 bridgehead atoms. The first-order valence-electron chi connectivity index (χ1n) is 6.98. The molecule has 0 saturated carbocycles. The summed E-state index contributed by atoms with van der Waals surface area (Å²) >= 11 is 0. The quantitative estimate of drug-likeness (QED) is 0.895. The van der Waals surface area contributed by atoms with Gasteiger partial charge in [0, 0.05) is 32.0 Å². The van der Waals surface area contributed by atoms with Gasteiger partial charge in [-0.05, 0) is 37.5 Å². The fraction of sp³-hybridized carbons (Fsp3) is 0.467. The van der Waals surface area contributed by atoms with Crippen LogP contribution in [0.3, 0.4) is 0 Å². The molecule has 2 amide bonds. The smallest absolute Gasteiger partial charge is 0.326 e. The van der Waals surface area contributed by atoms with E-state index in [1.54, 1.807) is 0 Å². The average Bonchev–Trinajstić information content (AvgIpc) is 2.90. The zero-order valence-corrected chi connectivity index (χ0v) is 12.6. The van der Waals surface area contributed by atoms with E-state index < -0.39 is 12.0 Å². The molecular weight excluding hydrogens is 270 g/mol. The number of carbonyl (C=O) groups excluding carboxylic acids is 1. The monoisotopic (exact) mass is 291 g/mol. The Morgan fingerprint density at radius 1 is 1.38 bits per heavy atom. The largest absolute Gasteiger partial charge is 0.480 e. The summed E-state index contributed by atoms with van der Waals surface area (Å²) in [5.41, 5.74) is 2.80. The van der Waals surface area contributed by atoms with Crippen molar-refractivity contribution in [2.24, 2.45) is 0 Å². The number of nitrogens with one attached hydrogen (secondary N) is 1. The maximum Gasteiger partial charge on any atom is 0.326 e. The molecule has 1 fully saturated rings. The molecule has 6 heteroatoms. The maximum atomic E-state index is 12.2. The number of benzene rings is 1.